The van der Waals surface area contributed by atoms with Crippen molar-refractivity contribution in [1.29, 1.82) is 0 Å². The minimum atomic E-state index is -0.524. The molecule has 0 aliphatic rings. The molecule has 0 aliphatic heterocycles. The number of aromatic nitrogens is 2. The van der Waals surface area contributed by atoms with E-state index in [1.54, 1.807) is 4.57 Å². The number of carbonyl (C=O) groups excluding carboxylic acids is 1. The van der Waals surface area contributed by atoms with Crippen LogP contribution in [0, 0.1) is 0 Å². The number of aryl methyl sites for hydroxylation is 1. The average Bonchev–Trinajstić information content (AvgIpc) is 3.00. The van der Waals surface area contributed by atoms with Crippen molar-refractivity contribution in [2.24, 2.45) is 0 Å². The van der Waals surface area contributed by atoms with Crippen LogP contribution in [-0.2, 0) is 12.1 Å². The summed E-state index contributed by atoms with van der Waals surface area (Å²) >= 11 is 0. The number of amides is 2. The number of H-pyrrole nitrogens is 1. The highest BCUT2D eigenvalue weighted by atomic mass is 16.2. The Hall–Kier alpha value is -3.28. The smallest absolute Gasteiger partial charge is 0.326 e. The first-order valence-corrected chi connectivity index (χ1v) is 9.78. The van der Waals surface area contributed by atoms with Crippen molar-refractivity contribution in [1.82, 2.24) is 20.2 Å². The molecule has 1 heterocycles. The number of imidazole rings is 1. The average molecular weight is 393 g/mol. The molecular formula is C23H28N4O2. The van der Waals surface area contributed by atoms with Crippen molar-refractivity contribution in [3.63, 3.8) is 0 Å². The molecule has 6 heteroatoms. The van der Waals surface area contributed by atoms with Gasteiger partial charge in [0.05, 0.1) is 16.6 Å². The number of hydrogen-bond donors (Lipinski definition) is 3. The van der Waals surface area contributed by atoms with Gasteiger partial charge in [0.2, 0.25) is 0 Å². The van der Waals surface area contributed by atoms with Crippen LogP contribution in [-0.4, -0.2) is 22.1 Å². The number of hydrogen-bond acceptors (Lipinski definition) is 2. The van der Waals surface area contributed by atoms with Crippen LogP contribution >= 0.6 is 0 Å². The third kappa shape index (κ3) is 4.77. The van der Waals surface area contributed by atoms with Crippen molar-refractivity contribution >= 4 is 22.6 Å². The van der Waals surface area contributed by atoms with Crippen LogP contribution in [0.25, 0.3) is 16.6 Å². The maximum atomic E-state index is 12.4. The van der Waals surface area contributed by atoms with Crippen molar-refractivity contribution < 1.29 is 4.79 Å². The molecule has 0 radical (unpaired) electrons. The van der Waals surface area contributed by atoms with Gasteiger partial charge in [0.25, 0.3) is 0 Å². The summed E-state index contributed by atoms with van der Waals surface area (Å²) in [4.78, 5) is 27.3. The van der Waals surface area contributed by atoms with Gasteiger partial charge in [-0.25, -0.2) is 9.59 Å². The number of aromatic amines is 1. The normalized spacial score (nSPS) is 11.4. The second kappa shape index (κ2) is 8.39. The molecule has 0 atom stereocenters. The molecule has 3 N–H and O–H groups in total. The molecule has 1 aromatic heterocycles. The molecule has 3 aromatic rings. The molecule has 0 unspecified atom stereocenters. The second-order valence-corrected chi connectivity index (χ2v) is 7.82. The van der Waals surface area contributed by atoms with E-state index < -0.39 is 5.54 Å². The lowest BCUT2D eigenvalue weighted by Gasteiger charge is -2.27. The molecule has 0 spiro atoms. The van der Waals surface area contributed by atoms with Gasteiger partial charge in [-0.05, 0) is 56.5 Å². The van der Waals surface area contributed by atoms with E-state index in [0.717, 1.165) is 27.7 Å². The summed E-state index contributed by atoms with van der Waals surface area (Å²) in [5.41, 5.74) is 4.10. The monoisotopic (exact) mass is 392 g/mol. The fraction of sp³-hybridized carbons (Fsp3) is 0.304. The van der Waals surface area contributed by atoms with E-state index in [0.29, 0.717) is 19.5 Å². The fourth-order valence-electron chi connectivity index (χ4n) is 3.34. The molecule has 0 saturated heterocycles. The van der Waals surface area contributed by atoms with Gasteiger partial charge in [-0.1, -0.05) is 42.5 Å². The van der Waals surface area contributed by atoms with E-state index in [-0.39, 0.29) is 11.7 Å². The van der Waals surface area contributed by atoms with E-state index in [9.17, 15) is 9.59 Å². The van der Waals surface area contributed by atoms with Gasteiger partial charge >= 0.3 is 11.7 Å². The summed E-state index contributed by atoms with van der Waals surface area (Å²) in [6, 6.07) is 15.4. The van der Waals surface area contributed by atoms with Gasteiger partial charge in [0.1, 0.15) is 0 Å². The van der Waals surface area contributed by atoms with Crippen LogP contribution in [0.3, 0.4) is 0 Å². The lowest BCUT2D eigenvalue weighted by molar-refractivity contribution is 0.229. The third-order valence-electron chi connectivity index (χ3n) is 5.03. The fourth-order valence-corrected chi connectivity index (χ4v) is 3.34. The zero-order valence-electron chi connectivity index (χ0n) is 17.2. The Kier molecular flexibility index (Phi) is 5.92. The maximum absolute atomic E-state index is 12.4. The molecule has 152 valence electrons. The predicted octanol–water partition coefficient (Wildman–Crippen LogP) is 3.99. The zero-order chi connectivity index (χ0) is 21.0. The minimum absolute atomic E-state index is 0.130. The number of nitrogens with zero attached hydrogens (tertiary/aromatic N) is 1. The largest absolute Gasteiger partial charge is 0.338 e. The summed E-state index contributed by atoms with van der Waals surface area (Å²) in [6.45, 7) is 10.9. The molecule has 0 bridgehead atoms. The Bertz CT molecular complexity index is 1090. The first-order chi connectivity index (χ1) is 13.8. The van der Waals surface area contributed by atoms with E-state index in [2.05, 4.69) is 22.2 Å². The van der Waals surface area contributed by atoms with Gasteiger partial charge < -0.3 is 15.6 Å². The van der Waals surface area contributed by atoms with Gasteiger partial charge in [0, 0.05) is 13.1 Å². The van der Waals surface area contributed by atoms with Crippen LogP contribution in [0.2, 0.25) is 0 Å². The lowest BCUT2D eigenvalue weighted by atomic mass is 9.92. The number of allylic oxidation sites excluding steroid dienone is 1. The molecule has 0 saturated carbocycles. The SMILES string of the molecule is C=C(C)c1cccc(C(C)(C)NC(=O)NCCCn2c(=O)[nH]c3ccccc32)c1. The third-order valence-corrected chi connectivity index (χ3v) is 5.03. The van der Waals surface area contributed by atoms with Crippen LogP contribution in [0.4, 0.5) is 4.79 Å². The van der Waals surface area contributed by atoms with E-state index >= 15 is 0 Å². The quantitative estimate of drug-likeness (QED) is 0.532. The van der Waals surface area contributed by atoms with E-state index in [1.165, 1.54) is 0 Å². The number of urea groups is 1. The van der Waals surface area contributed by atoms with Crippen LogP contribution in [0.15, 0.2) is 59.9 Å². The summed E-state index contributed by atoms with van der Waals surface area (Å²) in [7, 11) is 0. The Morgan fingerprint density at radius 2 is 1.93 bits per heavy atom. The number of carbonyl (C=O) groups is 1. The molecule has 0 fully saturated rings. The first kappa shape index (κ1) is 20.5. The Morgan fingerprint density at radius 1 is 1.17 bits per heavy atom. The molecule has 2 aromatic carbocycles. The highest BCUT2D eigenvalue weighted by Gasteiger charge is 2.23. The van der Waals surface area contributed by atoms with Crippen molar-refractivity contribution in [3.8, 4) is 0 Å². The summed E-state index contributed by atoms with van der Waals surface area (Å²) in [5.74, 6) is 0. The number of benzene rings is 2. The second-order valence-electron chi connectivity index (χ2n) is 7.82. The Labute approximate surface area is 170 Å². The van der Waals surface area contributed by atoms with Crippen LogP contribution in [0.5, 0.6) is 0 Å². The minimum Gasteiger partial charge on any atom is -0.338 e. The van der Waals surface area contributed by atoms with Crippen molar-refractivity contribution in [3.05, 3.63) is 76.7 Å². The topological polar surface area (TPSA) is 78.9 Å². The molecular weight excluding hydrogens is 364 g/mol. The number of para-hydroxylation sites is 2. The summed E-state index contributed by atoms with van der Waals surface area (Å²) in [5, 5.41) is 5.90. The first-order valence-electron chi connectivity index (χ1n) is 9.78. The van der Waals surface area contributed by atoms with Crippen LogP contribution < -0.4 is 16.3 Å². The van der Waals surface area contributed by atoms with Crippen molar-refractivity contribution in [2.45, 2.75) is 39.3 Å². The molecule has 6 nitrogen and oxygen atoms in total. The van der Waals surface area contributed by atoms with Gasteiger partial charge in [0.15, 0.2) is 0 Å². The van der Waals surface area contributed by atoms with E-state index in [1.807, 2.05) is 69.3 Å². The Morgan fingerprint density at radius 3 is 2.69 bits per heavy atom. The standard InChI is InChI=1S/C23H28N4O2/c1-16(2)17-9-7-10-18(15-17)23(3,4)26-21(28)24-13-8-14-27-20-12-6-5-11-19(20)25-22(27)29/h5-7,9-12,15H,1,8,13-14H2,2-4H3,(H,25,29)(H2,24,26,28). The summed E-state index contributed by atoms with van der Waals surface area (Å²) in [6.07, 6.45) is 0.654. The number of rotatable bonds is 7. The van der Waals surface area contributed by atoms with Crippen LogP contribution in [0.1, 0.15) is 38.3 Å². The van der Waals surface area contributed by atoms with E-state index in [4.69, 9.17) is 0 Å². The highest BCUT2D eigenvalue weighted by molar-refractivity contribution is 5.75. The molecule has 0 aliphatic carbocycles. The lowest BCUT2D eigenvalue weighted by Crippen LogP contribution is -2.46. The Balaban J connectivity index is 1.54. The highest BCUT2D eigenvalue weighted by Crippen LogP contribution is 2.23. The van der Waals surface area contributed by atoms with Gasteiger partial charge in [-0.3, -0.25) is 4.57 Å². The maximum Gasteiger partial charge on any atom is 0.326 e. The van der Waals surface area contributed by atoms with Gasteiger partial charge in [-0.2, -0.15) is 0 Å². The number of fused-ring (bicyclic) bond motifs is 1. The van der Waals surface area contributed by atoms with Gasteiger partial charge in [-0.15, -0.1) is 0 Å². The number of nitrogens with one attached hydrogen (secondary N) is 3. The molecule has 29 heavy (non-hydrogen) atoms. The zero-order valence-corrected chi connectivity index (χ0v) is 17.2. The summed E-state index contributed by atoms with van der Waals surface area (Å²) < 4.78 is 1.70. The molecule has 2 amide bonds. The predicted molar refractivity (Wildman–Crippen MR) is 118 cm³/mol. The van der Waals surface area contributed by atoms with Crippen molar-refractivity contribution in [2.75, 3.05) is 6.54 Å². The molecule has 3 rings (SSSR count).